The second-order valence-corrected chi connectivity index (χ2v) is 4.50. The van der Waals surface area contributed by atoms with Crippen LogP contribution in [0.3, 0.4) is 0 Å². The second kappa shape index (κ2) is 5.17. The number of nitrogens with two attached hydrogens (primary N) is 1. The molecule has 0 saturated carbocycles. The number of anilines is 1. The molecular weight excluding hydrogens is 250 g/mol. The van der Waals surface area contributed by atoms with Gasteiger partial charge in [-0.15, -0.1) is 0 Å². The molecule has 0 saturated heterocycles. The number of fused-ring (bicyclic) bond motifs is 1. The normalized spacial score (nSPS) is 10.7. The van der Waals surface area contributed by atoms with E-state index in [9.17, 15) is 0 Å². The van der Waals surface area contributed by atoms with Crippen molar-refractivity contribution in [3.63, 3.8) is 0 Å². The predicted octanol–water partition coefficient (Wildman–Crippen LogP) is 3.57. The van der Waals surface area contributed by atoms with Gasteiger partial charge in [0.1, 0.15) is 12.1 Å². The smallest absolute Gasteiger partial charge is 0.222 e. The summed E-state index contributed by atoms with van der Waals surface area (Å²) in [6, 6.07) is 13.5. The Morgan fingerprint density at radius 1 is 1.05 bits per heavy atom. The molecule has 0 radical (unpaired) electrons. The van der Waals surface area contributed by atoms with E-state index in [-0.39, 0.29) is 0 Å². The number of rotatable bonds is 3. The third kappa shape index (κ3) is 2.28. The molecular formula is C16H15N3O. The van der Waals surface area contributed by atoms with Crippen LogP contribution in [0, 0.1) is 0 Å². The Labute approximate surface area is 117 Å². The fourth-order valence-corrected chi connectivity index (χ4v) is 2.12. The third-order valence-corrected chi connectivity index (χ3v) is 3.19. The van der Waals surface area contributed by atoms with E-state index >= 15 is 0 Å². The Morgan fingerprint density at radius 3 is 2.65 bits per heavy atom. The van der Waals surface area contributed by atoms with Crippen LogP contribution in [0.2, 0.25) is 0 Å². The van der Waals surface area contributed by atoms with Gasteiger partial charge < -0.3 is 10.5 Å². The maximum Gasteiger partial charge on any atom is 0.222 e. The fourth-order valence-electron chi connectivity index (χ4n) is 2.12. The molecule has 20 heavy (non-hydrogen) atoms. The van der Waals surface area contributed by atoms with Gasteiger partial charge in [-0.3, -0.25) is 0 Å². The Morgan fingerprint density at radius 2 is 1.85 bits per heavy atom. The Hall–Kier alpha value is -2.62. The molecule has 1 aromatic heterocycles. The number of benzene rings is 2. The second-order valence-electron chi connectivity index (χ2n) is 4.50. The summed E-state index contributed by atoms with van der Waals surface area (Å²) in [6.45, 7) is 2.05. The van der Waals surface area contributed by atoms with Gasteiger partial charge in [-0.05, 0) is 18.6 Å². The topological polar surface area (TPSA) is 61.0 Å². The molecule has 0 unspecified atom stereocenters. The number of ether oxygens (including phenoxy) is 1. The number of aromatic nitrogens is 2. The van der Waals surface area contributed by atoms with Gasteiger partial charge in [0.05, 0.1) is 0 Å². The van der Waals surface area contributed by atoms with E-state index in [1.165, 1.54) is 6.33 Å². The minimum Gasteiger partial charge on any atom is -0.438 e. The lowest BCUT2D eigenvalue weighted by atomic mass is 10.1. The van der Waals surface area contributed by atoms with Crippen molar-refractivity contribution < 1.29 is 4.74 Å². The Bertz CT molecular complexity index is 756. The summed E-state index contributed by atoms with van der Waals surface area (Å²) in [5.74, 6) is 1.29. The SMILES string of the molecule is CCc1cc(Oc2ccc(N)c3ccccc23)ncn1. The summed E-state index contributed by atoms with van der Waals surface area (Å²) in [5.41, 5.74) is 7.68. The fraction of sp³-hybridized carbons (Fsp3) is 0.125. The van der Waals surface area contributed by atoms with Crippen LogP contribution in [0.5, 0.6) is 11.6 Å². The molecule has 2 aromatic carbocycles. The molecule has 0 amide bonds. The first-order valence-electron chi connectivity index (χ1n) is 6.54. The number of nitrogens with zero attached hydrogens (tertiary/aromatic N) is 2. The lowest BCUT2D eigenvalue weighted by molar-refractivity contribution is 0.465. The molecule has 3 rings (SSSR count). The monoisotopic (exact) mass is 265 g/mol. The van der Waals surface area contributed by atoms with E-state index in [1.54, 1.807) is 0 Å². The molecule has 2 N–H and O–H groups in total. The van der Waals surface area contributed by atoms with Gasteiger partial charge in [-0.1, -0.05) is 31.2 Å². The summed E-state index contributed by atoms with van der Waals surface area (Å²) >= 11 is 0. The Kier molecular flexibility index (Phi) is 3.21. The summed E-state index contributed by atoms with van der Waals surface area (Å²) in [7, 11) is 0. The standard InChI is InChI=1S/C16H15N3O/c1-2-11-9-16(19-10-18-11)20-15-8-7-14(17)12-5-3-4-6-13(12)15/h3-10H,2,17H2,1H3. The van der Waals surface area contributed by atoms with Gasteiger partial charge in [0.2, 0.25) is 5.88 Å². The zero-order valence-electron chi connectivity index (χ0n) is 11.2. The Balaban J connectivity index is 2.04. The van der Waals surface area contributed by atoms with Crippen molar-refractivity contribution in [1.82, 2.24) is 9.97 Å². The largest absolute Gasteiger partial charge is 0.438 e. The molecule has 1 heterocycles. The minimum absolute atomic E-state index is 0.548. The highest BCUT2D eigenvalue weighted by molar-refractivity contribution is 5.97. The van der Waals surface area contributed by atoms with Gasteiger partial charge >= 0.3 is 0 Å². The summed E-state index contributed by atoms with van der Waals surface area (Å²) in [5, 5.41) is 1.96. The number of aryl methyl sites for hydroxylation is 1. The summed E-state index contributed by atoms with van der Waals surface area (Å²) < 4.78 is 5.88. The zero-order chi connectivity index (χ0) is 13.9. The highest BCUT2D eigenvalue weighted by atomic mass is 16.5. The average molecular weight is 265 g/mol. The van der Waals surface area contributed by atoms with Crippen LogP contribution in [0.25, 0.3) is 10.8 Å². The minimum atomic E-state index is 0.548. The molecule has 0 aliphatic heterocycles. The van der Waals surface area contributed by atoms with Crippen LogP contribution in [0.1, 0.15) is 12.6 Å². The van der Waals surface area contributed by atoms with Crippen LogP contribution in [0.4, 0.5) is 5.69 Å². The van der Waals surface area contributed by atoms with Gasteiger partial charge in [0.25, 0.3) is 0 Å². The van der Waals surface area contributed by atoms with Gasteiger partial charge in [0, 0.05) is 28.2 Å². The van der Waals surface area contributed by atoms with E-state index in [0.29, 0.717) is 5.88 Å². The average Bonchev–Trinajstić information content (AvgIpc) is 2.51. The van der Waals surface area contributed by atoms with Gasteiger partial charge in [-0.2, -0.15) is 0 Å². The van der Waals surface area contributed by atoms with Crippen molar-refractivity contribution >= 4 is 16.5 Å². The van der Waals surface area contributed by atoms with E-state index in [2.05, 4.69) is 9.97 Å². The highest BCUT2D eigenvalue weighted by Gasteiger charge is 2.07. The molecule has 0 fully saturated rings. The van der Waals surface area contributed by atoms with Crippen molar-refractivity contribution in [1.29, 1.82) is 0 Å². The summed E-state index contributed by atoms with van der Waals surface area (Å²) in [4.78, 5) is 8.31. The quantitative estimate of drug-likeness (QED) is 0.735. The van der Waals surface area contributed by atoms with Crippen molar-refractivity contribution in [2.45, 2.75) is 13.3 Å². The molecule has 0 spiro atoms. The van der Waals surface area contributed by atoms with Crippen molar-refractivity contribution in [2.24, 2.45) is 0 Å². The van der Waals surface area contributed by atoms with E-state index in [4.69, 9.17) is 10.5 Å². The lowest BCUT2D eigenvalue weighted by Crippen LogP contribution is -1.94. The van der Waals surface area contributed by atoms with E-state index in [1.807, 2.05) is 49.4 Å². The van der Waals surface area contributed by atoms with Crippen LogP contribution in [0.15, 0.2) is 48.8 Å². The van der Waals surface area contributed by atoms with E-state index in [0.717, 1.165) is 34.3 Å². The molecule has 4 heteroatoms. The van der Waals surface area contributed by atoms with Crippen LogP contribution < -0.4 is 10.5 Å². The van der Waals surface area contributed by atoms with Crippen LogP contribution in [-0.2, 0) is 6.42 Å². The molecule has 100 valence electrons. The molecule has 0 bridgehead atoms. The zero-order valence-corrected chi connectivity index (χ0v) is 11.2. The number of hydrogen-bond acceptors (Lipinski definition) is 4. The first-order chi connectivity index (χ1) is 9.78. The maximum absolute atomic E-state index is 5.98. The third-order valence-electron chi connectivity index (χ3n) is 3.19. The molecule has 4 nitrogen and oxygen atoms in total. The number of hydrogen-bond donors (Lipinski definition) is 1. The molecule has 0 atom stereocenters. The molecule has 0 aliphatic rings. The predicted molar refractivity (Wildman–Crippen MR) is 79.8 cm³/mol. The first kappa shape index (κ1) is 12.4. The van der Waals surface area contributed by atoms with Crippen molar-refractivity contribution in [3.05, 3.63) is 54.5 Å². The van der Waals surface area contributed by atoms with Gasteiger partial charge in [0.15, 0.2) is 0 Å². The number of nitrogen functional groups attached to an aromatic ring is 1. The van der Waals surface area contributed by atoms with E-state index < -0.39 is 0 Å². The highest BCUT2D eigenvalue weighted by Crippen LogP contribution is 2.32. The maximum atomic E-state index is 5.98. The summed E-state index contributed by atoms with van der Waals surface area (Å²) in [6.07, 6.45) is 2.37. The molecule has 3 aromatic rings. The van der Waals surface area contributed by atoms with Crippen LogP contribution in [-0.4, -0.2) is 9.97 Å². The van der Waals surface area contributed by atoms with Crippen LogP contribution >= 0.6 is 0 Å². The molecule has 0 aliphatic carbocycles. The van der Waals surface area contributed by atoms with Crippen molar-refractivity contribution in [3.8, 4) is 11.6 Å². The van der Waals surface area contributed by atoms with Crippen molar-refractivity contribution in [2.75, 3.05) is 5.73 Å². The lowest BCUT2D eigenvalue weighted by Gasteiger charge is -2.10. The first-order valence-corrected chi connectivity index (χ1v) is 6.54. The van der Waals surface area contributed by atoms with Gasteiger partial charge in [-0.25, -0.2) is 9.97 Å².